The van der Waals surface area contributed by atoms with Crippen molar-refractivity contribution in [3.63, 3.8) is 0 Å². The summed E-state index contributed by atoms with van der Waals surface area (Å²) in [5, 5.41) is 11.6. The van der Waals surface area contributed by atoms with E-state index in [-0.39, 0.29) is 5.91 Å². The van der Waals surface area contributed by atoms with E-state index in [1.54, 1.807) is 19.0 Å². The van der Waals surface area contributed by atoms with Crippen molar-refractivity contribution in [2.45, 2.75) is 18.9 Å². The summed E-state index contributed by atoms with van der Waals surface area (Å²) >= 11 is 1.52. The molecule has 0 saturated carbocycles. The van der Waals surface area contributed by atoms with E-state index in [0.717, 1.165) is 4.88 Å². The molecule has 1 unspecified atom stereocenters. The van der Waals surface area contributed by atoms with Crippen LogP contribution in [0.2, 0.25) is 0 Å². The van der Waals surface area contributed by atoms with E-state index in [1.165, 1.54) is 11.3 Å². The van der Waals surface area contributed by atoms with Gasteiger partial charge in [-0.2, -0.15) is 0 Å². The second-order valence-electron chi connectivity index (χ2n) is 3.36. The molecular formula is C10H15NO2S. The fourth-order valence-electron chi connectivity index (χ4n) is 1.11. The van der Waals surface area contributed by atoms with Crippen LogP contribution in [0.15, 0.2) is 17.5 Å². The van der Waals surface area contributed by atoms with Gasteiger partial charge in [0, 0.05) is 25.4 Å². The average molecular weight is 213 g/mol. The molecule has 1 aromatic rings. The number of amides is 1. The average Bonchev–Trinajstić information content (AvgIpc) is 2.66. The quantitative estimate of drug-likeness (QED) is 0.826. The molecule has 0 aliphatic heterocycles. The van der Waals surface area contributed by atoms with Crippen LogP contribution in [0, 0.1) is 0 Å². The first kappa shape index (κ1) is 11.2. The van der Waals surface area contributed by atoms with E-state index < -0.39 is 6.10 Å². The molecule has 0 aliphatic rings. The Bertz CT molecular complexity index is 282. The number of aliphatic hydroxyl groups excluding tert-OH is 1. The molecule has 78 valence electrons. The lowest BCUT2D eigenvalue weighted by Gasteiger charge is -2.12. The molecule has 0 radical (unpaired) electrons. The monoisotopic (exact) mass is 213 g/mol. The highest BCUT2D eigenvalue weighted by atomic mass is 32.1. The Balaban J connectivity index is 2.36. The van der Waals surface area contributed by atoms with Gasteiger partial charge in [0.1, 0.15) is 0 Å². The van der Waals surface area contributed by atoms with Gasteiger partial charge in [-0.25, -0.2) is 0 Å². The van der Waals surface area contributed by atoms with Gasteiger partial charge < -0.3 is 10.0 Å². The third-order valence-electron chi connectivity index (χ3n) is 2.00. The van der Waals surface area contributed by atoms with Crippen LogP contribution in [0.1, 0.15) is 23.8 Å². The van der Waals surface area contributed by atoms with Crippen molar-refractivity contribution < 1.29 is 9.90 Å². The van der Waals surface area contributed by atoms with Gasteiger partial charge in [-0.15, -0.1) is 11.3 Å². The largest absolute Gasteiger partial charge is 0.388 e. The summed E-state index contributed by atoms with van der Waals surface area (Å²) in [7, 11) is 3.44. The van der Waals surface area contributed by atoms with Gasteiger partial charge in [-0.1, -0.05) is 6.07 Å². The van der Waals surface area contributed by atoms with E-state index in [1.807, 2.05) is 17.5 Å². The van der Waals surface area contributed by atoms with Gasteiger partial charge in [0.2, 0.25) is 5.91 Å². The Labute approximate surface area is 88.0 Å². The summed E-state index contributed by atoms with van der Waals surface area (Å²) in [6.07, 6.45) is 0.391. The fraction of sp³-hybridized carbons (Fsp3) is 0.500. The Morgan fingerprint density at radius 2 is 2.36 bits per heavy atom. The molecule has 0 spiro atoms. The van der Waals surface area contributed by atoms with Crippen LogP contribution < -0.4 is 0 Å². The van der Waals surface area contributed by atoms with E-state index in [9.17, 15) is 9.90 Å². The van der Waals surface area contributed by atoms with Crippen molar-refractivity contribution in [2.24, 2.45) is 0 Å². The number of thiophene rings is 1. The number of carbonyl (C=O) groups is 1. The topological polar surface area (TPSA) is 40.5 Å². The third-order valence-corrected chi connectivity index (χ3v) is 2.98. The molecule has 14 heavy (non-hydrogen) atoms. The summed E-state index contributed by atoms with van der Waals surface area (Å²) < 4.78 is 0. The number of carbonyl (C=O) groups excluding carboxylic acids is 1. The van der Waals surface area contributed by atoms with Crippen molar-refractivity contribution in [1.82, 2.24) is 4.90 Å². The maximum Gasteiger partial charge on any atom is 0.222 e. The predicted octanol–water partition coefficient (Wildman–Crippen LogP) is 1.65. The lowest BCUT2D eigenvalue weighted by molar-refractivity contribution is -0.129. The van der Waals surface area contributed by atoms with E-state index in [4.69, 9.17) is 0 Å². The standard InChI is InChI=1S/C10H15NO2S/c1-11(2)10(13)6-5-8(12)9-4-3-7-14-9/h3-4,7-8,12H,5-6H2,1-2H3. The lowest BCUT2D eigenvalue weighted by Crippen LogP contribution is -2.21. The maximum absolute atomic E-state index is 11.2. The van der Waals surface area contributed by atoms with Crippen LogP contribution in [0.5, 0.6) is 0 Å². The molecule has 1 N–H and O–H groups in total. The second-order valence-corrected chi connectivity index (χ2v) is 4.34. The number of aliphatic hydroxyl groups is 1. The van der Waals surface area contributed by atoms with Crippen molar-refractivity contribution in [3.05, 3.63) is 22.4 Å². The van der Waals surface area contributed by atoms with E-state index in [2.05, 4.69) is 0 Å². The maximum atomic E-state index is 11.2. The van der Waals surface area contributed by atoms with Crippen molar-refractivity contribution in [1.29, 1.82) is 0 Å². The smallest absolute Gasteiger partial charge is 0.222 e. The fourth-order valence-corrected chi connectivity index (χ4v) is 1.85. The minimum absolute atomic E-state index is 0.0561. The van der Waals surface area contributed by atoms with Gasteiger partial charge in [0.25, 0.3) is 0 Å². The zero-order valence-electron chi connectivity index (χ0n) is 8.43. The summed E-state index contributed by atoms with van der Waals surface area (Å²) in [4.78, 5) is 13.7. The van der Waals surface area contributed by atoms with Gasteiger partial charge in [-0.05, 0) is 17.9 Å². The van der Waals surface area contributed by atoms with Crippen LogP contribution in [0.3, 0.4) is 0 Å². The molecule has 1 heterocycles. The van der Waals surface area contributed by atoms with Crippen LogP contribution in [0.25, 0.3) is 0 Å². The molecular weight excluding hydrogens is 198 g/mol. The highest BCUT2D eigenvalue weighted by Crippen LogP contribution is 2.22. The molecule has 0 saturated heterocycles. The van der Waals surface area contributed by atoms with Crippen LogP contribution in [-0.4, -0.2) is 30.0 Å². The minimum Gasteiger partial charge on any atom is -0.388 e. The minimum atomic E-state index is -0.501. The molecule has 1 aromatic heterocycles. The normalized spacial score (nSPS) is 12.5. The Kier molecular flexibility index (Phi) is 4.10. The number of nitrogens with zero attached hydrogens (tertiary/aromatic N) is 1. The number of hydrogen-bond donors (Lipinski definition) is 1. The Morgan fingerprint density at radius 1 is 1.64 bits per heavy atom. The van der Waals surface area contributed by atoms with Gasteiger partial charge >= 0.3 is 0 Å². The molecule has 1 amide bonds. The first-order valence-electron chi connectivity index (χ1n) is 4.53. The zero-order chi connectivity index (χ0) is 10.6. The van der Waals surface area contributed by atoms with Crippen LogP contribution >= 0.6 is 11.3 Å². The first-order chi connectivity index (χ1) is 6.61. The summed E-state index contributed by atoms with van der Waals surface area (Å²) in [5.74, 6) is 0.0561. The first-order valence-corrected chi connectivity index (χ1v) is 5.41. The Morgan fingerprint density at radius 3 is 2.86 bits per heavy atom. The molecule has 4 heteroatoms. The van der Waals surface area contributed by atoms with Crippen molar-refractivity contribution >= 4 is 17.2 Å². The predicted molar refractivity (Wildman–Crippen MR) is 57.2 cm³/mol. The summed E-state index contributed by atoms with van der Waals surface area (Å²) in [6.45, 7) is 0. The second kappa shape index (κ2) is 5.12. The van der Waals surface area contributed by atoms with Gasteiger partial charge in [-0.3, -0.25) is 4.79 Å². The summed E-state index contributed by atoms with van der Waals surface area (Å²) in [5.41, 5.74) is 0. The molecule has 0 aromatic carbocycles. The van der Waals surface area contributed by atoms with Crippen LogP contribution in [-0.2, 0) is 4.79 Å². The third kappa shape index (κ3) is 3.12. The van der Waals surface area contributed by atoms with Gasteiger partial charge in [0.05, 0.1) is 6.10 Å². The van der Waals surface area contributed by atoms with Crippen molar-refractivity contribution in [2.75, 3.05) is 14.1 Å². The molecule has 0 aliphatic carbocycles. The Hall–Kier alpha value is -0.870. The number of hydrogen-bond acceptors (Lipinski definition) is 3. The molecule has 1 rings (SSSR count). The van der Waals surface area contributed by atoms with Crippen molar-refractivity contribution in [3.8, 4) is 0 Å². The molecule has 0 bridgehead atoms. The summed E-state index contributed by atoms with van der Waals surface area (Å²) in [6, 6.07) is 3.78. The van der Waals surface area contributed by atoms with E-state index >= 15 is 0 Å². The molecule has 0 fully saturated rings. The number of rotatable bonds is 4. The highest BCUT2D eigenvalue weighted by Gasteiger charge is 2.11. The lowest BCUT2D eigenvalue weighted by atomic mass is 10.1. The SMILES string of the molecule is CN(C)C(=O)CCC(O)c1cccs1. The molecule has 3 nitrogen and oxygen atoms in total. The highest BCUT2D eigenvalue weighted by molar-refractivity contribution is 7.10. The van der Waals surface area contributed by atoms with Gasteiger partial charge in [0.15, 0.2) is 0 Å². The molecule has 1 atom stereocenters. The van der Waals surface area contributed by atoms with E-state index in [0.29, 0.717) is 12.8 Å². The zero-order valence-corrected chi connectivity index (χ0v) is 9.25. The van der Waals surface area contributed by atoms with Crippen LogP contribution in [0.4, 0.5) is 0 Å².